The average Bonchev–Trinajstić information content (AvgIpc) is 3.09. The Morgan fingerprint density at radius 1 is 1.42 bits per heavy atom. The Morgan fingerprint density at radius 3 is 2.65 bits per heavy atom. The first kappa shape index (κ1) is 20.7. The highest BCUT2D eigenvalue weighted by atomic mass is 35.5. The van der Waals surface area contributed by atoms with Crippen LogP contribution in [0.3, 0.4) is 0 Å². The molecule has 0 aromatic carbocycles. The molecule has 1 atom stereocenters. The Labute approximate surface area is 161 Å². The summed E-state index contributed by atoms with van der Waals surface area (Å²) in [4.78, 5) is 25.9. The molecule has 0 fully saturated rings. The van der Waals surface area contributed by atoms with Crippen LogP contribution >= 0.6 is 22.9 Å². The number of hydrogen-bond donors (Lipinski definition) is 2. The Balaban J connectivity index is 1.99. The second-order valence-electron chi connectivity index (χ2n) is 6.44. The van der Waals surface area contributed by atoms with Crippen molar-refractivity contribution >= 4 is 44.8 Å². The van der Waals surface area contributed by atoms with E-state index in [2.05, 4.69) is 4.72 Å². The largest absolute Gasteiger partial charge is 0.480 e. The summed E-state index contributed by atoms with van der Waals surface area (Å²) in [5, 5.41) is 9.37. The summed E-state index contributed by atoms with van der Waals surface area (Å²) in [6, 6.07) is 2.48. The van der Waals surface area contributed by atoms with E-state index in [0.29, 0.717) is 10.8 Å². The van der Waals surface area contributed by atoms with Gasteiger partial charge >= 0.3 is 5.97 Å². The van der Waals surface area contributed by atoms with E-state index in [1.54, 1.807) is 12.1 Å². The number of nitrogens with one attached hydrogen (secondary N) is 1. The van der Waals surface area contributed by atoms with Crippen LogP contribution in [0.15, 0.2) is 23.9 Å². The van der Waals surface area contributed by atoms with Crippen LogP contribution < -0.4 is 4.72 Å². The minimum Gasteiger partial charge on any atom is -0.480 e. The summed E-state index contributed by atoms with van der Waals surface area (Å²) in [6.45, 7) is 3.80. The van der Waals surface area contributed by atoms with Crippen LogP contribution in [-0.4, -0.2) is 48.6 Å². The molecule has 0 aliphatic carbocycles. The molecule has 0 bridgehead atoms. The first-order chi connectivity index (χ1) is 12.1. The second kappa shape index (κ2) is 8.41. The number of aryl methyl sites for hydroxylation is 1. The first-order valence-corrected chi connectivity index (χ1v) is 10.9. The standard InChI is InChI=1S/C16H21ClN2O5S2/c1-10(2)9-13(16(21)22)19-7-5-12(15(19)20)18-26(23,24)8-6-11-3-4-14(17)25-11/h3-5,10,13,18H,6-9H2,1-2H3,(H,21,22)/t13-/m0/s1. The maximum atomic E-state index is 12.4. The van der Waals surface area contributed by atoms with Gasteiger partial charge < -0.3 is 10.0 Å². The lowest BCUT2D eigenvalue weighted by Crippen LogP contribution is -2.45. The quantitative estimate of drug-likeness (QED) is 0.636. The maximum Gasteiger partial charge on any atom is 0.326 e. The van der Waals surface area contributed by atoms with Gasteiger partial charge in [0.15, 0.2) is 0 Å². The Morgan fingerprint density at radius 2 is 2.12 bits per heavy atom. The van der Waals surface area contributed by atoms with E-state index in [9.17, 15) is 23.1 Å². The molecule has 0 saturated heterocycles. The highest BCUT2D eigenvalue weighted by Gasteiger charge is 2.35. The summed E-state index contributed by atoms with van der Waals surface area (Å²) < 4.78 is 27.3. The molecular formula is C16H21ClN2O5S2. The molecule has 1 aromatic rings. The van der Waals surface area contributed by atoms with Gasteiger partial charge in [-0.1, -0.05) is 25.4 Å². The fourth-order valence-corrected chi connectivity index (χ4v) is 4.93. The molecule has 2 rings (SSSR count). The maximum absolute atomic E-state index is 12.4. The zero-order chi connectivity index (χ0) is 19.5. The first-order valence-electron chi connectivity index (χ1n) is 8.07. The number of carbonyl (C=O) groups excluding carboxylic acids is 1. The average molecular weight is 421 g/mol. The van der Waals surface area contributed by atoms with Gasteiger partial charge in [0, 0.05) is 11.4 Å². The molecule has 26 heavy (non-hydrogen) atoms. The van der Waals surface area contributed by atoms with E-state index in [4.69, 9.17) is 11.6 Å². The number of hydrogen-bond acceptors (Lipinski definition) is 5. The monoisotopic (exact) mass is 420 g/mol. The fourth-order valence-electron chi connectivity index (χ4n) is 2.62. The van der Waals surface area contributed by atoms with Gasteiger partial charge in [-0.25, -0.2) is 13.2 Å². The predicted molar refractivity (Wildman–Crippen MR) is 101 cm³/mol. The lowest BCUT2D eigenvalue weighted by atomic mass is 10.0. The number of halogens is 1. The normalized spacial score (nSPS) is 16.1. The zero-order valence-electron chi connectivity index (χ0n) is 14.4. The van der Waals surface area contributed by atoms with E-state index in [-0.39, 0.29) is 30.3 Å². The topological polar surface area (TPSA) is 104 Å². The molecule has 1 aromatic heterocycles. The van der Waals surface area contributed by atoms with Gasteiger partial charge in [-0.3, -0.25) is 9.52 Å². The molecule has 0 radical (unpaired) electrons. The number of rotatable bonds is 9. The van der Waals surface area contributed by atoms with Crippen molar-refractivity contribution in [3.63, 3.8) is 0 Å². The van der Waals surface area contributed by atoms with Gasteiger partial charge in [-0.05, 0) is 37.0 Å². The van der Waals surface area contributed by atoms with Crippen LogP contribution in [0.25, 0.3) is 0 Å². The van der Waals surface area contributed by atoms with E-state index >= 15 is 0 Å². The van der Waals surface area contributed by atoms with Crippen molar-refractivity contribution in [2.45, 2.75) is 32.7 Å². The number of thiophene rings is 1. The van der Waals surface area contributed by atoms with Gasteiger partial charge in [0.2, 0.25) is 10.0 Å². The van der Waals surface area contributed by atoms with Gasteiger partial charge in [0.05, 0.1) is 10.1 Å². The molecule has 144 valence electrons. The molecule has 2 heterocycles. The molecule has 1 amide bonds. The number of amides is 1. The number of nitrogens with zero attached hydrogens (tertiary/aromatic N) is 1. The van der Waals surface area contributed by atoms with Gasteiger partial charge in [-0.2, -0.15) is 0 Å². The summed E-state index contributed by atoms with van der Waals surface area (Å²) >= 11 is 7.12. The lowest BCUT2D eigenvalue weighted by molar-refractivity contribution is -0.148. The van der Waals surface area contributed by atoms with Gasteiger partial charge in [0.1, 0.15) is 11.7 Å². The zero-order valence-corrected chi connectivity index (χ0v) is 16.8. The minimum atomic E-state index is -3.73. The van der Waals surface area contributed by atoms with Crippen molar-refractivity contribution in [1.82, 2.24) is 9.62 Å². The van der Waals surface area contributed by atoms with Crippen LogP contribution in [-0.2, 0) is 26.0 Å². The molecule has 2 N–H and O–H groups in total. The van der Waals surface area contributed by atoms with Crippen LogP contribution in [0.2, 0.25) is 4.34 Å². The number of sulfonamides is 1. The lowest BCUT2D eigenvalue weighted by Gasteiger charge is -2.26. The van der Waals surface area contributed by atoms with Crippen LogP contribution in [0.5, 0.6) is 0 Å². The van der Waals surface area contributed by atoms with E-state index < -0.39 is 27.9 Å². The van der Waals surface area contributed by atoms with E-state index in [1.165, 1.54) is 22.3 Å². The number of carboxylic acids is 1. The van der Waals surface area contributed by atoms with Crippen molar-refractivity contribution in [3.8, 4) is 0 Å². The summed E-state index contributed by atoms with van der Waals surface area (Å²) in [5.41, 5.74) is -0.0933. The van der Waals surface area contributed by atoms with Crippen molar-refractivity contribution in [3.05, 3.63) is 33.1 Å². The van der Waals surface area contributed by atoms with E-state index in [0.717, 1.165) is 4.88 Å². The third-order valence-electron chi connectivity index (χ3n) is 3.85. The molecule has 1 aliphatic heterocycles. The van der Waals surface area contributed by atoms with Crippen molar-refractivity contribution in [1.29, 1.82) is 0 Å². The predicted octanol–water partition coefficient (Wildman–Crippen LogP) is 2.09. The number of carboxylic acid groups (broad SMARTS) is 1. The molecule has 10 heteroatoms. The third-order valence-corrected chi connectivity index (χ3v) is 6.41. The second-order valence-corrected chi connectivity index (χ2v) is 10.1. The number of aliphatic carboxylic acids is 1. The summed E-state index contributed by atoms with van der Waals surface area (Å²) in [5.74, 6) is -1.81. The van der Waals surface area contributed by atoms with Crippen molar-refractivity contribution in [2.24, 2.45) is 5.92 Å². The molecule has 0 unspecified atom stereocenters. The Kier molecular flexibility index (Phi) is 6.70. The Bertz CT molecular complexity index is 816. The van der Waals surface area contributed by atoms with Crippen molar-refractivity contribution in [2.75, 3.05) is 12.3 Å². The van der Waals surface area contributed by atoms with Gasteiger partial charge in [-0.15, -0.1) is 11.3 Å². The summed E-state index contributed by atoms with van der Waals surface area (Å²) in [7, 11) is -3.73. The highest BCUT2D eigenvalue weighted by Crippen LogP contribution is 2.22. The van der Waals surface area contributed by atoms with Gasteiger partial charge in [0.25, 0.3) is 5.91 Å². The molecule has 7 nitrogen and oxygen atoms in total. The molecular weight excluding hydrogens is 400 g/mol. The van der Waals surface area contributed by atoms with Crippen LogP contribution in [0.1, 0.15) is 25.1 Å². The summed E-state index contributed by atoms with van der Waals surface area (Å²) in [6.07, 6.45) is 2.00. The fraction of sp³-hybridized carbons (Fsp3) is 0.500. The minimum absolute atomic E-state index is 0.0703. The Hall–Kier alpha value is -1.58. The highest BCUT2D eigenvalue weighted by molar-refractivity contribution is 7.89. The van der Waals surface area contributed by atoms with Crippen molar-refractivity contribution < 1.29 is 23.1 Å². The molecule has 0 saturated carbocycles. The molecule has 1 aliphatic rings. The SMILES string of the molecule is CC(C)C[C@@H](C(=O)O)N1CC=C(NS(=O)(=O)CCc2ccc(Cl)s2)C1=O. The molecule has 0 spiro atoms. The van der Waals surface area contributed by atoms with Crippen LogP contribution in [0.4, 0.5) is 0 Å². The van der Waals surface area contributed by atoms with Crippen LogP contribution in [0, 0.1) is 5.92 Å². The number of carbonyl (C=O) groups is 2. The van der Waals surface area contributed by atoms with E-state index in [1.807, 2.05) is 13.8 Å². The third kappa shape index (κ3) is 5.46. The smallest absolute Gasteiger partial charge is 0.326 e.